The number of nitrogens with one attached hydrogen (secondary N) is 2. The zero-order valence-electron chi connectivity index (χ0n) is 18.0. The van der Waals surface area contributed by atoms with Crippen molar-refractivity contribution < 1.29 is 22.8 Å². The second kappa shape index (κ2) is 10.1. The lowest BCUT2D eigenvalue weighted by Gasteiger charge is -2.15. The van der Waals surface area contributed by atoms with Crippen LogP contribution < -0.4 is 10.6 Å². The first-order chi connectivity index (χ1) is 15.5. The van der Waals surface area contributed by atoms with Gasteiger partial charge in [-0.3, -0.25) is 19.3 Å². The number of hydrogen-bond donors (Lipinski definition) is 2. The van der Waals surface area contributed by atoms with Gasteiger partial charge in [0.05, 0.1) is 40.0 Å². The van der Waals surface area contributed by atoms with Gasteiger partial charge in [-0.05, 0) is 26.3 Å². The Labute approximate surface area is 197 Å². The second-order valence-electron chi connectivity index (χ2n) is 7.38. The van der Waals surface area contributed by atoms with Crippen molar-refractivity contribution in [2.24, 2.45) is 4.99 Å². The van der Waals surface area contributed by atoms with Crippen LogP contribution in [-0.4, -0.2) is 49.5 Å². The molecule has 0 fully saturated rings. The van der Waals surface area contributed by atoms with Gasteiger partial charge >= 0.3 is 6.18 Å². The third-order valence-corrected chi connectivity index (χ3v) is 6.55. The zero-order valence-corrected chi connectivity index (χ0v) is 19.6. The van der Waals surface area contributed by atoms with Crippen LogP contribution in [0.3, 0.4) is 0 Å². The normalized spacial score (nSPS) is 16.9. The first-order valence-electron chi connectivity index (χ1n) is 10.1. The lowest BCUT2D eigenvalue weighted by atomic mass is 10.2. The van der Waals surface area contributed by atoms with Crippen molar-refractivity contribution in [2.45, 2.75) is 51.2 Å². The maximum absolute atomic E-state index is 13.0. The summed E-state index contributed by atoms with van der Waals surface area (Å²) in [7, 11) is 0. The number of thioether (sulfide) groups is 1. The molecule has 0 saturated heterocycles. The number of nitrogens with zero attached hydrogens (tertiary/aromatic N) is 4. The highest BCUT2D eigenvalue weighted by Crippen LogP contribution is 2.35. The molecule has 2 aromatic heterocycles. The molecule has 0 aromatic carbocycles. The molecule has 13 heteroatoms. The molecule has 2 atom stereocenters. The first kappa shape index (κ1) is 25.0. The average Bonchev–Trinajstić information content (AvgIpc) is 3.37. The van der Waals surface area contributed by atoms with E-state index in [1.165, 1.54) is 6.20 Å². The van der Waals surface area contributed by atoms with E-state index in [4.69, 9.17) is 11.6 Å². The summed E-state index contributed by atoms with van der Waals surface area (Å²) in [6.07, 6.45) is -1.43. The monoisotopic (exact) mass is 502 g/mol. The van der Waals surface area contributed by atoms with E-state index in [0.717, 1.165) is 30.1 Å². The molecule has 1 aliphatic rings. The van der Waals surface area contributed by atoms with E-state index in [-0.39, 0.29) is 18.3 Å². The van der Waals surface area contributed by atoms with E-state index in [9.17, 15) is 22.8 Å². The molecule has 3 heterocycles. The molecule has 0 spiro atoms. The standard InChI is InChI=1S/C20H22ClF3N6O2S/c1-4-5-30-11(3)12(7-27-30)17(31)28-10(2)19-26-9-15(33-19)18(32)29-16-6-13(20(22,23)24)14(21)8-25-16/h6-8,10,15H,4-5,9H2,1-3H3,(H,28,31)(H,25,29,32)/t10-,15?/m1/s1. The van der Waals surface area contributed by atoms with E-state index in [0.29, 0.717) is 23.2 Å². The van der Waals surface area contributed by atoms with Gasteiger partial charge in [0, 0.05) is 18.4 Å². The van der Waals surface area contributed by atoms with E-state index >= 15 is 0 Å². The molecular weight excluding hydrogens is 481 g/mol. The van der Waals surface area contributed by atoms with Gasteiger partial charge in [0.25, 0.3) is 5.91 Å². The topological polar surface area (TPSA) is 101 Å². The van der Waals surface area contributed by atoms with Gasteiger partial charge in [0.15, 0.2) is 0 Å². The van der Waals surface area contributed by atoms with Gasteiger partial charge in [-0.25, -0.2) is 4.98 Å². The van der Waals surface area contributed by atoms with Crippen LogP contribution in [0.4, 0.5) is 19.0 Å². The summed E-state index contributed by atoms with van der Waals surface area (Å²) in [6, 6.07) is 0.227. The van der Waals surface area contributed by atoms with Crippen molar-refractivity contribution >= 4 is 46.0 Å². The lowest BCUT2D eigenvalue weighted by molar-refractivity contribution is -0.137. The smallest absolute Gasteiger partial charge is 0.343 e. The average molecular weight is 503 g/mol. The van der Waals surface area contributed by atoms with Gasteiger partial charge in [-0.15, -0.1) is 0 Å². The molecule has 0 bridgehead atoms. The minimum absolute atomic E-state index is 0.124. The number of pyridine rings is 1. The Balaban J connectivity index is 1.58. The number of aryl methyl sites for hydroxylation is 1. The zero-order chi connectivity index (χ0) is 24.3. The van der Waals surface area contributed by atoms with Crippen molar-refractivity contribution in [3.63, 3.8) is 0 Å². The van der Waals surface area contributed by atoms with Crippen LogP contribution in [0.15, 0.2) is 23.5 Å². The summed E-state index contributed by atoms with van der Waals surface area (Å²) >= 11 is 6.69. The molecule has 8 nitrogen and oxygen atoms in total. The van der Waals surface area contributed by atoms with E-state index in [1.54, 1.807) is 11.6 Å². The SMILES string of the molecule is CCCn1ncc(C(=O)N[C@H](C)C2=NCC(C(=O)Nc3cc(C(F)(F)F)c(Cl)cn3)S2)c1C. The fourth-order valence-corrected chi connectivity index (χ4v) is 4.37. The van der Waals surface area contributed by atoms with Crippen LogP contribution in [0.1, 0.15) is 41.9 Å². The van der Waals surface area contributed by atoms with E-state index in [2.05, 4.69) is 25.7 Å². The Morgan fingerprint density at radius 1 is 1.36 bits per heavy atom. The number of rotatable bonds is 7. The lowest BCUT2D eigenvalue weighted by Crippen LogP contribution is -2.37. The Kier molecular flexibility index (Phi) is 7.68. The molecule has 1 aliphatic heterocycles. The van der Waals surface area contributed by atoms with E-state index in [1.807, 2.05) is 13.8 Å². The van der Waals surface area contributed by atoms with Crippen molar-refractivity contribution in [1.29, 1.82) is 0 Å². The minimum Gasteiger partial charge on any atom is -0.343 e. The maximum atomic E-state index is 13.0. The summed E-state index contributed by atoms with van der Waals surface area (Å²) in [5.41, 5.74) is 0.135. The number of hydrogen-bond acceptors (Lipinski definition) is 6. The third-order valence-electron chi connectivity index (χ3n) is 4.88. The molecule has 0 aliphatic carbocycles. The molecule has 1 unspecified atom stereocenters. The Morgan fingerprint density at radius 3 is 2.76 bits per heavy atom. The largest absolute Gasteiger partial charge is 0.418 e. The van der Waals surface area contributed by atoms with Crippen molar-refractivity contribution in [3.8, 4) is 0 Å². The molecule has 178 valence electrons. The highest BCUT2D eigenvalue weighted by molar-refractivity contribution is 8.15. The van der Waals surface area contributed by atoms with Gasteiger partial charge in [0.2, 0.25) is 5.91 Å². The molecule has 2 N–H and O–H groups in total. The maximum Gasteiger partial charge on any atom is 0.418 e. The van der Waals surface area contributed by atoms with E-state index < -0.39 is 34.0 Å². The van der Waals surface area contributed by atoms with Crippen LogP contribution in [0.2, 0.25) is 5.02 Å². The summed E-state index contributed by atoms with van der Waals surface area (Å²) in [4.78, 5) is 33.2. The first-order valence-corrected chi connectivity index (χ1v) is 11.3. The van der Waals surface area contributed by atoms with Crippen molar-refractivity contribution in [1.82, 2.24) is 20.1 Å². The fraction of sp³-hybridized carbons (Fsp3) is 0.450. The number of aromatic nitrogens is 3. The third kappa shape index (κ3) is 5.85. The molecule has 2 aromatic rings. The summed E-state index contributed by atoms with van der Waals surface area (Å²) in [6.45, 7) is 6.41. The van der Waals surface area contributed by atoms with Crippen LogP contribution >= 0.6 is 23.4 Å². The molecular formula is C20H22ClF3N6O2S. The minimum atomic E-state index is -4.67. The quantitative estimate of drug-likeness (QED) is 0.597. The highest BCUT2D eigenvalue weighted by Gasteiger charge is 2.35. The van der Waals surface area contributed by atoms with Crippen molar-refractivity contribution in [3.05, 3.63) is 40.3 Å². The van der Waals surface area contributed by atoms with Crippen LogP contribution in [0.25, 0.3) is 0 Å². The Bertz CT molecular complexity index is 1090. The Morgan fingerprint density at radius 2 is 2.09 bits per heavy atom. The van der Waals surface area contributed by atoms with Gasteiger partial charge in [-0.2, -0.15) is 18.3 Å². The molecule has 3 rings (SSSR count). The van der Waals surface area contributed by atoms with Crippen LogP contribution in [-0.2, 0) is 17.5 Å². The predicted molar refractivity (Wildman–Crippen MR) is 121 cm³/mol. The molecule has 0 radical (unpaired) electrons. The summed E-state index contributed by atoms with van der Waals surface area (Å²) in [5, 5.41) is 8.76. The van der Waals surface area contributed by atoms with Crippen molar-refractivity contribution in [2.75, 3.05) is 11.9 Å². The summed E-state index contributed by atoms with van der Waals surface area (Å²) < 4.78 is 40.8. The molecule has 33 heavy (non-hydrogen) atoms. The predicted octanol–water partition coefficient (Wildman–Crippen LogP) is 3.94. The number of carbonyl (C=O) groups is 2. The molecule has 2 amide bonds. The number of amides is 2. The van der Waals surface area contributed by atoms with Crippen LogP contribution in [0.5, 0.6) is 0 Å². The number of anilines is 1. The van der Waals surface area contributed by atoms with Crippen LogP contribution in [0, 0.1) is 6.92 Å². The number of aliphatic imine (C=N–C) groups is 1. The Hall–Kier alpha value is -2.60. The van der Waals surface area contributed by atoms with Gasteiger partial charge in [-0.1, -0.05) is 30.3 Å². The molecule has 0 saturated carbocycles. The summed E-state index contributed by atoms with van der Waals surface area (Å²) in [5.74, 6) is -1.10. The van der Waals surface area contributed by atoms with Gasteiger partial charge in [0.1, 0.15) is 11.1 Å². The second-order valence-corrected chi connectivity index (χ2v) is 9.01. The number of halogens is 4. The number of alkyl halides is 3. The van der Waals surface area contributed by atoms with Gasteiger partial charge < -0.3 is 10.6 Å². The fourth-order valence-electron chi connectivity index (χ4n) is 3.14. The highest BCUT2D eigenvalue weighted by atomic mass is 35.5. The number of carbonyl (C=O) groups excluding carboxylic acids is 2.